The molecule has 1 saturated heterocycles. The molecule has 2 aliphatic heterocycles. The van der Waals surface area contributed by atoms with Crippen molar-refractivity contribution in [2.24, 2.45) is 10.9 Å². The maximum absolute atomic E-state index is 12.5. The average Bonchev–Trinajstić information content (AvgIpc) is 3.10. The zero-order valence-electron chi connectivity index (χ0n) is 14.4. The number of hydrogen-bond acceptors (Lipinski definition) is 5. The zero-order valence-corrected chi connectivity index (χ0v) is 15.2. The summed E-state index contributed by atoms with van der Waals surface area (Å²) in [5.41, 5.74) is 0.694. The van der Waals surface area contributed by atoms with Crippen LogP contribution in [0.4, 0.5) is 4.79 Å². The number of aromatic nitrogens is 1. The first-order valence-corrected chi connectivity index (χ1v) is 9.54. The number of amidine groups is 1. The zero-order chi connectivity index (χ0) is 18.9. The van der Waals surface area contributed by atoms with E-state index in [0.29, 0.717) is 23.0 Å². The Morgan fingerprint density at radius 3 is 2.74 bits per heavy atom. The van der Waals surface area contributed by atoms with E-state index in [1.54, 1.807) is 36.7 Å². The summed E-state index contributed by atoms with van der Waals surface area (Å²) in [6, 6.07) is 12.7. The summed E-state index contributed by atoms with van der Waals surface area (Å²) in [6.07, 6.45) is 2.45. The highest BCUT2D eigenvalue weighted by atomic mass is 32.2. The largest absolute Gasteiger partial charge is 0.465 e. The van der Waals surface area contributed by atoms with Gasteiger partial charge < -0.3 is 15.3 Å². The van der Waals surface area contributed by atoms with Gasteiger partial charge in [-0.05, 0) is 18.2 Å². The number of carboxylic acid groups (broad SMARTS) is 1. The van der Waals surface area contributed by atoms with Gasteiger partial charge in [-0.15, -0.1) is 0 Å². The highest BCUT2D eigenvalue weighted by molar-refractivity contribution is 8.13. The molecule has 0 radical (unpaired) electrons. The SMILES string of the molecule is O=C(NC1=NC2(c3cccnc3)CN(C(=O)O)C[C@H]2CS1)c1ccccc1. The van der Waals surface area contributed by atoms with E-state index in [4.69, 9.17) is 4.99 Å². The van der Waals surface area contributed by atoms with E-state index in [1.807, 2.05) is 18.2 Å². The minimum atomic E-state index is -0.956. The summed E-state index contributed by atoms with van der Waals surface area (Å²) in [7, 11) is 0. The monoisotopic (exact) mass is 382 g/mol. The fraction of sp³-hybridized carbons (Fsp3) is 0.263. The summed E-state index contributed by atoms with van der Waals surface area (Å²) in [6.45, 7) is 0.671. The van der Waals surface area contributed by atoms with Crippen molar-refractivity contribution in [2.75, 3.05) is 18.8 Å². The van der Waals surface area contributed by atoms with Crippen LogP contribution in [0.2, 0.25) is 0 Å². The Morgan fingerprint density at radius 2 is 2.04 bits per heavy atom. The number of pyridine rings is 1. The maximum Gasteiger partial charge on any atom is 0.407 e. The van der Waals surface area contributed by atoms with Crippen molar-refractivity contribution in [3.8, 4) is 0 Å². The smallest absolute Gasteiger partial charge is 0.407 e. The van der Waals surface area contributed by atoms with Gasteiger partial charge in [-0.2, -0.15) is 0 Å². The number of carbonyl (C=O) groups excluding carboxylic acids is 1. The van der Waals surface area contributed by atoms with Gasteiger partial charge in [0.1, 0.15) is 5.54 Å². The number of nitrogens with one attached hydrogen (secondary N) is 1. The van der Waals surface area contributed by atoms with E-state index < -0.39 is 11.6 Å². The molecule has 0 bridgehead atoms. The van der Waals surface area contributed by atoms with Crippen LogP contribution < -0.4 is 5.32 Å². The van der Waals surface area contributed by atoms with Gasteiger partial charge in [0.25, 0.3) is 5.91 Å². The first kappa shape index (κ1) is 17.5. The highest BCUT2D eigenvalue weighted by Gasteiger charge is 2.51. The maximum atomic E-state index is 12.5. The Labute approximate surface area is 160 Å². The lowest BCUT2D eigenvalue weighted by molar-refractivity contribution is 0.0977. The van der Waals surface area contributed by atoms with Crippen LogP contribution in [0, 0.1) is 5.92 Å². The number of nitrogens with zero attached hydrogens (tertiary/aromatic N) is 3. The van der Waals surface area contributed by atoms with Crippen LogP contribution >= 0.6 is 11.8 Å². The molecule has 2 N–H and O–H groups in total. The van der Waals surface area contributed by atoms with E-state index >= 15 is 0 Å². The quantitative estimate of drug-likeness (QED) is 0.832. The highest BCUT2D eigenvalue weighted by Crippen LogP contribution is 2.45. The van der Waals surface area contributed by atoms with Crippen molar-refractivity contribution in [1.82, 2.24) is 15.2 Å². The van der Waals surface area contributed by atoms with Crippen LogP contribution in [-0.4, -0.2) is 51.0 Å². The predicted octanol–water partition coefficient (Wildman–Crippen LogP) is 2.42. The third kappa shape index (κ3) is 3.28. The lowest BCUT2D eigenvalue weighted by Gasteiger charge is -2.35. The summed E-state index contributed by atoms with van der Waals surface area (Å²) >= 11 is 1.45. The molecule has 0 spiro atoms. The Balaban J connectivity index is 1.68. The minimum Gasteiger partial charge on any atom is -0.465 e. The van der Waals surface area contributed by atoms with Crippen LogP contribution in [0.3, 0.4) is 0 Å². The van der Waals surface area contributed by atoms with E-state index in [-0.39, 0.29) is 18.4 Å². The predicted molar refractivity (Wildman–Crippen MR) is 103 cm³/mol. The Morgan fingerprint density at radius 1 is 1.22 bits per heavy atom. The van der Waals surface area contributed by atoms with Crippen molar-refractivity contribution in [3.05, 3.63) is 66.0 Å². The Bertz CT molecular complexity index is 890. The van der Waals surface area contributed by atoms with Crippen molar-refractivity contribution in [3.63, 3.8) is 0 Å². The van der Waals surface area contributed by atoms with Gasteiger partial charge in [0.15, 0.2) is 5.17 Å². The number of fused-ring (bicyclic) bond motifs is 1. The van der Waals surface area contributed by atoms with Crippen molar-refractivity contribution in [1.29, 1.82) is 0 Å². The topological polar surface area (TPSA) is 94.9 Å². The van der Waals surface area contributed by atoms with E-state index in [9.17, 15) is 14.7 Å². The van der Waals surface area contributed by atoms with Gasteiger partial charge >= 0.3 is 6.09 Å². The van der Waals surface area contributed by atoms with Gasteiger partial charge in [0.2, 0.25) is 0 Å². The molecule has 4 rings (SSSR count). The van der Waals surface area contributed by atoms with Gasteiger partial charge in [-0.25, -0.2) is 9.79 Å². The van der Waals surface area contributed by atoms with Crippen LogP contribution in [0.25, 0.3) is 0 Å². The van der Waals surface area contributed by atoms with Crippen molar-refractivity contribution < 1.29 is 14.7 Å². The molecule has 2 atom stereocenters. The fourth-order valence-corrected chi connectivity index (χ4v) is 4.72. The van der Waals surface area contributed by atoms with Gasteiger partial charge in [-0.1, -0.05) is 36.0 Å². The molecule has 2 aromatic rings. The number of thioether (sulfide) groups is 1. The van der Waals surface area contributed by atoms with Crippen molar-refractivity contribution >= 4 is 28.9 Å². The summed E-state index contributed by atoms with van der Waals surface area (Å²) in [5.74, 6) is 0.474. The molecular weight excluding hydrogens is 364 g/mol. The van der Waals surface area contributed by atoms with E-state index in [2.05, 4.69) is 10.3 Å². The number of hydrogen-bond donors (Lipinski definition) is 2. The van der Waals surface area contributed by atoms with Gasteiger partial charge in [0.05, 0.1) is 6.54 Å². The molecule has 7 nitrogen and oxygen atoms in total. The second-order valence-corrected chi connectivity index (χ2v) is 7.58. The second-order valence-electron chi connectivity index (χ2n) is 6.57. The number of carbonyl (C=O) groups is 2. The number of aliphatic imine (C=N–C) groups is 1. The Kier molecular flexibility index (Phi) is 4.57. The van der Waals surface area contributed by atoms with Gasteiger partial charge in [0, 0.05) is 41.7 Å². The first-order chi connectivity index (χ1) is 13.1. The molecule has 2 aliphatic rings. The third-order valence-electron chi connectivity index (χ3n) is 4.96. The molecular formula is C19H18N4O3S. The average molecular weight is 382 g/mol. The van der Waals surface area contributed by atoms with E-state index in [1.165, 1.54) is 16.7 Å². The molecule has 138 valence electrons. The minimum absolute atomic E-state index is 0.0279. The molecule has 1 unspecified atom stereocenters. The molecule has 1 fully saturated rings. The molecule has 0 aliphatic carbocycles. The van der Waals surface area contributed by atoms with Crippen LogP contribution in [0.15, 0.2) is 59.9 Å². The normalized spacial score (nSPS) is 24.1. The molecule has 1 aromatic heterocycles. The molecule has 1 aromatic carbocycles. The Hall–Kier alpha value is -2.87. The number of amides is 2. The summed E-state index contributed by atoms with van der Waals surface area (Å²) < 4.78 is 0. The van der Waals surface area contributed by atoms with Crippen LogP contribution in [-0.2, 0) is 5.54 Å². The number of benzene rings is 1. The van der Waals surface area contributed by atoms with Gasteiger partial charge in [-0.3, -0.25) is 9.78 Å². The lowest BCUT2D eigenvalue weighted by Crippen LogP contribution is -2.42. The van der Waals surface area contributed by atoms with Crippen LogP contribution in [0.1, 0.15) is 15.9 Å². The molecule has 2 amide bonds. The number of likely N-dealkylation sites (tertiary alicyclic amines) is 1. The first-order valence-electron chi connectivity index (χ1n) is 8.56. The summed E-state index contributed by atoms with van der Waals surface area (Å²) in [4.78, 5) is 34.5. The number of rotatable bonds is 2. The molecule has 0 saturated carbocycles. The second kappa shape index (κ2) is 7.03. The molecule has 27 heavy (non-hydrogen) atoms. The van der Waals surface area contributed by atoms with E-state index in [0.717, 1.165) is 5.56 Å². The third-order valence-corrected chi connectivity index (χ3v) is 5.99. The lowest BCUT2D eigenvalue weighted by atomic mass is 9.83. The fourth-order valence-electron chi connectivity index (χ4n) is 3.59. The summed E-state index contributed by atoms with van der Waals surface area (Å²) in [5, 5.41) is 12.9. The standard InChI is InChI=1S/C19H18N4O3S/c24-16(13-5-2-1-3-6-13)21-17-22-19(14-7-4-8-20-9-14)12-23(18(25)26)10-15(19)11-27-17/h1-9,15H,10-12H2,(H,25,26)(H,21,22,24)/t15-,19?/m0/s1. The van der Waals surface area contributed by atoms with Crippen LogP contribution in [0.5, 0.6) is 0 Å². The van der Waals surface area contributed by atoms with Crippen molar-refractivity contribution in [2.45, 2.75) is 5.54 Å². The molecule has 8 heteroatoms. The molecule has 3 heterocycles.